The summed E-state index contributed by atoms with van der Waals surface area (Å²) in [4.78, 5) is 0. The summed E-state index contributed by atoms with van der Waals surface area (Å²) >= 11 is 0. The molecular weight excluding hydrogens is 98.1 g/mol. The van der Waals surface area contributed by atoms with E-state index in [2.05, 4.69) is 19.1 Å². The highest BCUT2D eigenvalue weighted by Crippen LogP contribution is 2.54. The summed E-state index contributed by atoms with van der Waals surface area (Å²) in [5.74, 6) is 1.52. The maximum atomic E-state index is 5.86. The summed E-state index contributed by atoms with van der Waals surface area (Å²) in [5, 5.41) is 0. The Morgan fingerprint density at radius 1 is 1.75 bits per heavy atom. The molecule has 0 amide bonds. The quantitative estimate of drug-likeness (QED) is 0.460. The molecule has 0 spiro atoms. The van der Waals surface area contributed by atoms with Crippen LogP contribution in [0, 0.1) is 11.8 Å². The molecule has 0 bridgehead atoms. The van der Waals surface area contributed by atoms with Crippen LogP contribution in [0.15, 0.2) is 12.2 Å². The second-order valence-corrected chi connectivity index (χ2v) is 3.16. The molecule has 0 heterocycles. The van der Waals surface area contributed by atoms with Crippen LogP contribution in [-0.4, -0.2) is 5.54 Å². The van der Waals surface area contributed by atoms with Crippen molar-refractivity contribution in [1.29, 1.82) is 0 Å². The molecule has 3 atom stereocenters. The van der Waals surface area contributed by atoms with E-state index in [-0.39, 0.29) is 5.54 Å². The molecule has 1 heteroatoms. The predicted molar refractivity (Wildman–Crippen MR) is 33.3 cm³/mol. The molecule has 1 nitrogen and oxygen atoms in total. The van der Waals surface area contributed by atoms with Gasteiger partial charge in [-0.05, 0) is 25.2 Å². The van der Waals surface area contributed by atoms with Gasteiger partial charge in [0.15, 0.2) is 0 Å². The zero-order valence-corrected chi connectivity index (χ0v) is 5.09. The van der Waals surface area contributed by atoms with Crippen molar-refractivity contribution in [3.05, 3.63) is 12.2 Å². The third-order valence-electron chi connectivity index (χ3n) is 2.57. The van der Waals surface area contributed by atoms with Gasteiger partial charge < -0.3 is 5.73 Å². The fraction of sp³-hybridized carbons (Fsp3) is 0.714. The van der Waals surface area contributed by atoms with Crippen LogP contribution in [0.25, 0.3) is 0 Å². The second kappa shape index (κ2) is 1.01. The third-order valence-corrected chi connectivity index (χ3v) is 2.57. The van der Waals surface area contributed by atoms with Crippen LogP contribution < -0.4 is 5.73 Å². The van der Waals surface area contributed by atoms with Gasteiger partial charge in [-0.3, -0.25) is 0 Å². The van der Waals surface area contributed by atoms with Gasteiger partial charge in [0.05, 0.1) is 0 Å². The van der Waals surface area contributed by atoms with Gasteiger partial charge >= 0.3 is 0 Å². The molecule has 1 saturated carbocycles. The molecule has 2 aliphatic rings. The number of hydrogen-bond acceptors (Lipinski definition) is 1. The van der Waals surface area contributed by atoms with Gasteiger partial charge in [0.2, 0.25) is 0 Å². The first-order valence-electron chi connectivity index (χ1n) is 3.18. The Bertz CT molecular complexity index is 146. The summed E-state index contributed by atoms with van der Waals surface area (Å²) < 4.78 is 0. The number of nitrogens with two attached hydrogens (primary N) is 1. The number of fused-ring (bicyclic) bond motifs is 1. The highest BCUT2D eigenvalue weighted by molar-refractivity contribution is 5.27. The van der Waals surface area contributed by atoms with Crippen LogP contribution in [0.5, 0.6) is 0 Å². The van der Waals surface area contributed by atoms with Crippen molar-refractivity contribution in [3.63, 3.8) is 0 Å². The average Bonchev–Trinajstić information content (AvgIpc) is 2.22. The van der Waals surface area contributed by atoms with Crippen LogP contribution >= 0.6 is 0 Å². The molecule has 0 aromatic carbocycles. The third kappa shape index (κ3) is 0.324. The van der Waals surface area contributed by atoms with Crippen LogP contribution in [0.4, 0.5) is 0 Å². The van der Waals surface area contributed by atoms with E-state index in [1.807, 2.05) is 0 Å². The fourth-order valence-corrected chi connectivity index (χ4v) is 1.77. The van der Waals surface area contributed by atoms with E-state index in [4.69, 9.17) is 5.73 Å². The highest BCUT2D eigenvalue weighted by atomic mass is 14.9. The van der Waals surface area contributed by atoms with Crippen LogP contribution in [0.3, 0.4) is 0 Å². The largest absolute Gasteiger partial charge is 0.325 e. The molecule has 0 aromatic rings. The summed E-state index contributed by atoms with van der Waals surface area (Å²) in [6.07, 6.45) is 5.71. The topological polar surface area (TPSA) is 26.0 Å². The Balaban J connectivity index is 2.24. The Kier molecular flexibility index (Phi) is 0.575. The predicted octanol–water partition coefficient (Wildman–Crippen LogP) is 0.910. The SMILES string of the molecule is CC1(N)C2C=CCC21. The van der Waals surface area contributed by atoms with Gasteiger partial charge in [-0.2, -0.15) is 0 Å². The van der Waals surface area contributed by atoms with E-state index in [0.29, 0.717) is 0 Å². The average molecular weight is 109 g/mol. The Hall–Kier alpha value is -0.300. The lowest BCUT2D eigenvalue weighted by molar-refractivity contribution is 0.643. The van der Waals surface area contributed by atoms with E-state index in [1.165, 1.54) is 6.42 Å². The highest BCUT2D eigenvalue weighted by Gasteiger charge is 2.58. The van der Waals surface area contributed by atoms with Crippen molar-refractivity contribution >= 4 is 0 Å². The van der Waals surface area contributed by atoms with Crippen LogP contribution in [0.1, 0.15) is 13.3 Å². The molecule has 2 N–H and O–H groups in total. The van der Waals surface area contributed by atoms with Crippen molar-refractivity contribution in [2.45, 2.75) is 18.9 Å². The van der Waals surface area contributed by atoms with Crippen molar-refractivity contribution in [2.24, 2.45) is 17.6 Å². The first-order valence-corrected chi connectivity index (χ1v) is 3.18. The Labute approximate surface area is 49.6 Å². The van der Waals surface area contributed by atoms with Gasteiger partial charge in [-0.15, -0.1) is 0 Å². The summed E-state index contributed by atoms with van der Waals surface area (Å²) in [7, 11) is 0. The molecule has 44 valence electrons. The number of rotatable bonds is 0. The minimum atomic E-state index is 0.175. The standard InChI is InChI=1S/C7H11N/c1-7(8)5-3-2-4-6(5)7/h2-3,5-6H,4,8H2,1H3. The summed E-state index contributed by atoms with van der Waals surface area (Å²) in [5.41, 5.74) is 6.04. The molecular formula is C7H11N. The molecule has 0 radical (unpaired) electrons. The molecule has 3 unspecified atom stereocenters. The first-order chi connectivity index (χ1) is 3.73. The van der Waals surface area contributed by atoms with E-state index in [1.54, 1.807) is 0 Å². The number of allylic oxidation sites excluding steroid dienone is 1. The van der Waals surface area contributed by atoms with Crippen LogP contribution in [-0.2, 0) is 0 Å². The summed E-state index contributed by atoms with van der Waals surface area (Å²) in [6.45, 7) is 2.14. The van der Waals surface area contributed by atoms with Gasteiger partial charge in [-0.1, -0.05) is 12.2 Å². The monoisotopic (exact) mass is 109 g/mol. The molecule has 1 fully saturated rings. The molecule has 0 aliphatic heterocycles. The lowest BCUT2D eigenvalue weighted by atomic mass is 10.2. The molecule has 2 aliphatic carbocycles. The van der Waals surface area contributed by atoms with Crippen molar-refractivity contribution in [2.75, 3.05) is 0 Å². The minimum absolute atomic E-state index is 0.175. The van der Waals surface area contributed by atoms with Gasteiger partial charge in [0.25, 0.3) is 0 Å². The molecule has 0 aromatic heterocycles. The van der Waals surface area contributed by atoms with Gasteiger partial charge in [0, 0.05) is 5.54 Å². The normalized spacial score (nSPS) is 58.8. The lowest BCUT2D eigenvalue weighted by Gasteiger charge is -2.01. The smallest absolute Gasteiger partial charge is 0.0230 e. The van der Waals surface area contributed by atoms with Gasteiger partial charge in [0.1, 0.15) is 0 Å². The zero-order valence-electron chi connectivity index (χ0n) is 5.09. The van der Waals surface area contributed by atoms with Crippen molar-refractivity contribution in [1.82, 2.24) is 0 Å². The zero-order chi connectivity index (χ0) is 5.78. The van der Waals surface area contributed by atoms with E-state index < -0.39 is 0 Å². The summed E-state index contributed by atoms with van der Waals surface area (Å²) in [6, 6.07) is 0. The fourth-order valence-electron chi connectivity index (χ4n) is 1.77. The Morgan fingerprint density at radius 3 is 2.75 bits per heavy atom. The maximum Gasteiger partial charge on any atom is 0.0230 e. The van der Waals surface area contributed by atoms with Crippen molar-refractivity contribution in [3.8, 4) is 0 Å². The molecule has 2 rings (SSSR count). The van der Waals surface area contributed by atoms with E-state index in [9.17, 15) is 0 Å². The van der Waals surface area contributed by atoms with E-state index >= 15 is 0 Å². The van der Waals surface area contributed by atoms with E-state index in [0.717, 1.165) is 11.8 Å². The van der Waals surface area contributed by atoms with Crippen molar-refractivity contribution < 1.29 is 0 Å². The molecule has 8 heavy (non-hydrogen) atoms. The molecule has 0 saturated heterocycles. The number of hydrogen-bond donors (Lipinski definition) is 1. The minimum Gasteiger partial charge on any atom is -0.325 e. The maximum absolute atomic E-state index is 5.86. The lowest BCUT2D eigenvalue weighted by Crippen LogP contribution is -2.22. The Morgan fingerprint density at radius 2 is 2.50 bits per heavy atom. The van der Waals surface area contributed by atoms with Crippen LogP contribution in [0.2, 0.25) is 0 Å². The first kappa shape index (κ1) is 4.57. The second-order valence-electron chi connectivity index (χ2n) is 3.16. The van der Waals surface area contributed by atoms with Gasteiger partial charge in [-0.25, -0.2) is 0 Å².